The molecule has 7 aromatic rings. The van der Waals surface area contributed by atoms with Gasteiger partial charge in [-0.1, -0.05) is 82.8 Å². The van der Waals surface area contributed by atoms with E-state index in [4.69, 9.17) is 56.4 Å². The van der Waals surface area contributed by atoms with E-state index in [0.717, 1.165) is 85.4 Å². The van der Waals surface area contributed by atoms with Crippen molar-refractivity contribution in [2.24, 2.45) is 0 Å². The molecule has 2 aliphatic rings. The van der Waals surface area contributed by atoms with Gasteiger partial charge in [0.25, 0.3) is 0 Å². The molecule has 54 heavy (non-hydrogen) atoms. The molecule has 0 spiro atoms. The van der Waals surface area contributed by atoms with Gasteiger partial charge in [0.15, 0.2) is 0 Å². The van der Waals surface area contributed by atoms with Gasteiger partial charge in [-0.2, -0.15) is 0 Å². The number of H-pyrrole nitrogens is 2. The molecule has 0 fully saturated rings. The van der Waals surface area contributed by atoms with E-state index in [2.05, 4.69) is 128 Å². The maximum Gasteiger partial charge on any atom is 0.0738 e. The molecule has 0 unspecified atom stereocenters. The highest BCUT2D eigenvalue weighted by Crippen LogP contribution is 2.43. The Kier molecular flexibility index (Phi) is 9.70. The third kappa shape index (κ3) is 6.50. The third-order valence-electron chi connectivity index (χ3n) is 9.45. The van der Waals surface area contributed by atoms with Crippen molar-refractivity contribution in [2.75, 3.05) is 0 Å². The van der Waals surface area contributed by atoms with Gasteiger partial charge in [-0.25, -0.2) is 9.97 Å². The molecule has 10 heteroatoms. The smallest absolute Gasteiger partial charge is 0.0738 e. The van der Waals surface area contributed by atoms with E-state index < -0.39 is 0 Å². The fourth-order valence-corrected chi connectivity index (χ4v) is 8.94. The molecule has 2 N–H and O–H groups in total. The molecule has 5 heterocycles. The number of nitrogens with zero attached hydrogens (tertiary/aromatic N) is 2. The molecule has 8 bridgehead atoms. The van der Waals surface area contributed by atoms with Gasteiger partial charge in [0.05, 0.1) is 42.9 Å². The highest BCUT2D eigenvalue weighted by atomic mass is 127. The fraction of sp³-hybridized carbons (Fsp3) is 0. The third-order valence-corrected chi connectivity index (χ3v) is 12.1. The lowest BCUT2D eigenvalue weighted by atomic mass is 10.0. The van der Waals surface area contributed by atoms with Gasteiger partial charge in [0.2, 0.25) is 0 Å². The number of fused-ring (bicyclic) bond motifs is 8. The zero-order valence-corrected chi connectivity index (χ0v) is 35.2. The summed E-state index contributed by atoms with van der Waals surface area (Å²) in [7, 11) is 0. The second-order valence-corrected chi connectivity index (χ2v) is 16.8. The number of rotatable bonds is 4. The maximum atomic E-state index is 6.96. The zero-order valence-electron chi connectivity index (χ0n) is 27.9. The molecule has 0 saturated carbocycles. The number of aromatic nitrogens is 4. The van der Waals surface area contributed by atoms with Crippen LogP contribution < -0.4 is 0 Å². The monoisotopic (exact) mass is 1000 g/mol. The molecule has 0 saturated heterocycles. The molecular formula is C44H24Cl4I2N4. The second kappa shape index (κ2) is 14.6. The lowest BCUT2D eigenvalue weighted by Gasteiger charge is -2.10. The lowest BCUT2D eigenvalue weighted by Crippen LogP contribution is -1.91. The molecule has 2 aliphatic heterocycles. The van der Waals surface area contributed by atoms with Crippen LogP contribution in [-0.2, 0) is 0 Å². The quantitative estimate of drug-likeness (QED) is 0.173. The fourth-order valence-electron chi connectivity index (χ4n) is 7.05. The van der Waals surface area contributed by atoms with Gasteiger partial charge in [-0.15, -0.1) is 0 Å². The van der Waals surface area contributed by atoms with Crippen LogP contribution in [0.4, 0.5) is 0 Å². The van der Waals surface area contributed by atoms with Crippen molar-refractivity contribution in [1.82, 2.24) is 19.9 Å². The van der Waals surface area contributed by atoms with E-state index in [1.807, 2.05) is 60.7 Å². The highest BCUT2D eigenvalue weighted by molar-refractivity contribution is 14.1. The predicted molar refractivity (Wildman–Crippen MR) is 246 cm³/mol. The van der Waals surface area contributed by atoms with Gasteiger partial charge in [0, 0.05) is 62.6 Å². The Balaban J connectivity index is 1.51. The van der Waals surface area contributed by atoms with Crippen LogP contribution in [0.25, 0.3) is 90.9 Å². The van der Waals surface area contributed by atoms with Gasteiger partial charge in [0.1, 0.15) is 0 Å². The lowest BCUT2D eigenvalue weighted by molar-refractivity contribution is 1.31. The van der Waals surface area contributed by atoms with Crippen LogP contribution in [0.1, 0.15) is 22.8 Å². The minimum absolute atomic E-state index is 0.522. The van der Waals surface area contributed by atoms with Crippen LogP contribution in [0.15, 0.2) is 109 Å². The van der Waals surface area contributed by atoms with Crippen molar-refractivity contribution in [1.29, 1.82) is 0 Å². The number of hydrogen-bond acceptors (Lipinski definition) is 2. The van der Waals surface area contributed by atoms with Crippen LogP contribution in [0.5, 0.6) is 0 Å². The Morgan fingerprint density at radius 2 is 0.648 bits per heavy atom. The number of aromatic amines is 2. The standard InChI is InChI=1S/C44H24Cl4I2N4/c45-27-3-1-4-28(46)41(27)43-35-19-15-31(51-35)39(23-7-11-25(49)12-8-23)33-17-21-37(53-33)44(42-29(47)5-2-6-30(42)48)38-22-18-34(54-38)40(32-16-20-36(43)52-32)24-9-13-26(50)14-10-24/h1-22,51,54H. The molecule has 0 amide bonds. The highest BCUT2D eigenvalue weighted by Gasteiger charge is 2.22. The number of hydrogen-bond donors (Lipinski definition) is 2. The van der Waals surface area contributed by atoms with Crippen LogP contribution in [0.3, 0.4) is 0 Å². The van der Waals surface area contributed by atoms with Gasteiger partial charge in [-0.05, 0) is 153 Å². The largest absolute Gasteiger partial charge is 0.354 e. The first-order valence-corrected chi connectivity index (χ1v) is 20.5. The summed E-state index contributed by atoms with van der Waals surface area (Å²) in [5.74, 6) is 0. The molecule has 4 nitrogen and oxygen atoms in total. The molecule has 0 radical (unpaired) electrons. The average Bonchev–Trinajstić information content (AvgIpc) is 3.99. The minimum Gasteiger partial charge on any atom is -0.354 e. The first kappa shape index (κ1) is 35.8. The Morgan fingerprint density at radius 1 is 0.352 bits per heavy atom. The second-order valence-electron chi connectivity index (χ2n) is 12.7. The van der Waals surface area contributed by atoms with Crippen LogP contribution in [0.2, 0.25) is 20.1 Å². The van der Waals surface area contributed by atoms with E-state index in [9.17, 15) is 0 Å². The predicted octanol–water partition coefficient (Wildman–Crippen LogP) is 15.1. The number of halogens is 6. The van der Waals surface area contributed by atoms with Gasteiger partial charge in [-0.3, -0.25) is 0 Å². The van der Waals surface area contributed by atoms with E-state index >= 15 is 0 Å². The van der Waals surface area contributed by atoms with Crippen molar-refractivity contribution in [3.63, 3.8) is 0 Å². The summed E-state index contributed by atoms with van der Waals surface area (Å²) in [5, 5.41) is 2.09. The number of benzene rings is 4. The average molecular weight is 1000 g/mol. The van der Waals surface area contributed by atoms with E-state index in [1.54, 1.807) is 0 Å². The zero-order chi connectivity index (χ0) is 37.1. The van der Waals surface area contributed by atoms with E-state index in [1.165, 1.54) is 0 Å². The molecule has 0 aliphatic carbocycles. The molecule has 4 aromatic carbocycles. The van der Waals surface area contributed by atoms with Crippen LogP contribution in [-0.4, -0.2) is 19.9 Å². The molecule has 0 atom stereocenters. The first-order valence-electron chi connectivity index (χ1n) is 16.8. The summed E-state index contributed by atoms with van der Waals surface area (Å²) in [6.45, 7) is 0. The molecule has 262 valence electrons. The Bertz CT molecular complexity index is 2650. The van der Waals surface area contributed by atoms with Gasteiger partial charge >= 0.3 is 0 Å². The summed E-state index contributed by atoms with van der Waals surface area (Å²) in [6, 6.07) is 36.2. The summed E-state index contributed by atoms with van der Waals surface area (Å²) in [5.41, 5.74) is 13.1. The Labute approximate surface area is 358 Å². The number of nitrogens with one attached hydrogen (secondary N) is 2. The van der Waals surface area contributed by atoms with Crippen molar-refractivity contribution >= 4 is 138 Å². The molecular weight excluding hydrogens is 980 g/mol. The Morgan fingerprint density at radius 3 is 0.981 bits per heavy atom. The first-order chi connectivity index (χ1) is 26.2. The summed E-state index contributed by atoms with van der Waals surface area (Å²) < 4.78 is 2.26. The van der Waals surface area contributed by atoms with Crippen LogP contribution in [0, 0.1) is 7.14 Å². The Hall–Kier alpha value is -3.90. The van der Waals surface area contributed by atoms with Gasteiger partial charge < -0.3 is 9.97 Å². The molecule has 3 aromatic heterocycles. The van der Waals surface area contributed by atoms with E-state index in [0.29, 0.717) is 31.2 Å². The minimum atomic E-state index is 0.522. The summed E-state index contributed by atoms with van der Waals surface area (Å²) in [4.78, 5) is 18.1. The summed E-state index contributed by atoms with van der Waals surface area (Å²) >= 11 is 32.5. The van der Waals surface area contributed by atoms with E-state index in [-0.39, 0.29) is 0 Å². The van der Waals surface area contributed by atoms with Crippen LogP contribution >= 0.6 is 91.6 Å². The molecule has 9 rings (SSSR count). The SMILES string of the molecule is Clc1cccc(Cl)c1-c1c2nc(c(-c3ccc(I)cc3)c3ccc([nH]3)c(-c3c(Cl)cccc3Cl)c3nc(c(-c4ccc(I)cc4)c4ccc1[nH]4)C=C3)C=C2. The van der Waals surface area contributed by atoms with Crippen molar-refractivity contribution in [3.05, 3.63) is 159 Å². The van der Waals surface area contributed by atoms with Crippen molar-refractivity contribution in [2.45, 2.75) is 0 Å². The van der Waals surface area contributed by atoms with Crippen molar-refractivity contribution in [3.8, 4) is 44.5 Å². The normalized spacial score (nSPS) is 12.1. The summed E-state index contributed by atoms with van der Waals surface area (Å²) in [6.07, 6.45) is 8.13. The topological polar surface area (TPSA) is 57.4 Å². The van der Waals surface area contributed by atoms with Crippen molar-refractivity contribution < 1.29 is 0 Å². The maximum absolute atomic E-state index is 6.96.